The quantitative estimate of drug-likeness (QED) is 0.827. The van der Waals surface area contributed by atoms with Crippen molar-refractivity contribution in [2.75, 3.05) is 17.7 Å². The van der Waals surface area contributed by atoms with Gasteiger partial charge in [-0.15, -0.1) is 0 Å². The summed E-state index contributed by atoms with van der Waals surface area (Å²) in [4.78, 5) is 11.8. The minimum atomic E-state index is -0.471. The molecule has 0 saturated heterocycles. The second-order valence-corrected chi connectivity index (χ2v) is 5.36. The number of hydrogen-bond donors (Lipinski definition) is 2. The van der Waals surface area contributed by atoms with Crippen LogP contribution >= 0.6 is 15.9 Å². The predicted octanol–water partition coefficient (Wildman–Crippen LogP) is 3.50. The monoisotopic (exact) mass is 352 g/mol. The fraction of sp³-hybridized carbons (Fsp3) is 0.133. The van der Waals surface area contributed by atoms with Gasteiger partial charge in [0.15, 0.2) is 6.61 Å². The van der Waals surface area contributed by atoms with E-state index in [0.717, 1.165) is 16.1 Å². The fourth-order valence-corrected chi connectivity index (χ4v) is 2.30. The first kappa shape index (κ1) is 15.3. The summed E-state index contributed by atoms with van der Waals surface area (Å²) in [6.07, 6.45) is 0. The molecule has 0 bridgehead atoms. The number of nitrogens with one attached hydrogen (secondary N) is 1. The zero-order valence-electron chi connectivity index (χ0n) is 11.3. The lowest BCUT2D eigenvalue weighted by molar-refractivity contribution is -0.118. The van der Waals surface area contributed by atoms with E-state index >= 15 is 0 Å². The van der Waals surface area contributed by atoms with E-state index in [9.17, 15) is 9.18 Å². The van der Waals surface area contributed by atoms with Crippen LogP contribution in [0.4, 0.5) is 15.8 Å². The fourth-order valence-electron chi connectivity index (χ4n) is 1.69. The van der Waals surface area contributed by atoms with E-state index in [-0.39, 0.29) is 12.3 Å². The number of rotatable bonds is 4. The average Bonchev–Trinajstić information content (AvgIpc) is 2.42. The molecule has 2 aromatic carbocycles. The zero-order valence-corrected chi connectivity index (χ0v) is 12.9. The Labute approximate surface area is 130 Å². The molecule has 1 amide bonds. The Balaban J connectivity index is 1.97. The third-order valence-electron chi connectivity index (χ3n) is 2.74. The lowest BCUT2D eigenvalue weighted by Gasteiger charge is -2.10. The first-order chi connectivity index (χ1) is 9.95. The van der Waals surface area contributed by atoms with Gasteiger partial charge in [0.05, 0.1) is 15.8 Å². The van der Waals surface area contributed by atoms with E-state index in [4.69, 9.17) is 10.5 Å². The van der Waals surface area contributed by atoms with Crippen LogP contribution in [-0.4, -0.2) is 12.5 Å². The zero-order chi connectivity index (χ0) is 15.4. The van der Waals surface area contributed by atoms with E-state index in [1.807, 2.05) is 19.1 Å². The number of ether oxygens (including phenoxy) is 1. The largest absolute Gasteiger partial charge is 0.483 e. The highest BCUT2D eigenvalue weighted by Crippen LogP contribution is 2.25. The Bertz CT molecular complexity index is 677. The van der Waals surface area contributed by atoms with Gasteiger partial charge in [0.25, 0.3) is 5.91 Å². The summed E-state index contributed by atoms with van der Waals surface area (Å²) < 4.78 is 19.3. The Kier molecular flexibility index (Phi) is 4.80. The van der Waals surface area contributed by atoms with E-state index in [2.05, 4.69) is 21.2 Å². The van der Waals surface area contributed by atoms with Crippen molar-refractivity contribution in [2.24, 2.45) is 0 Å². The van der Waals surface area contributed by atoms with Gasteiger partial charge in [-0.1, -0.05) is 6.07 Å². The molecule has 21 heavy (non-hydrogen) atoms. The maximum atomic E-state index is 13.1. The molecule has 0 aliphatic heterocycles. The summed E-state index contributed by atoms with van der Waals surface area (Å²) in [5.41, 5.74) is 7.25. The van der Waals surface area contributed by atoms with Gasteiger partial charge >= 0.3 is 0 Å². The van der Waals surface area contributed by atoms with Gasteiger partial charge < -0.3 is 15.8 Å². The van der Waals surface area contributed by atoms with Crippen molar-refractivity contribution in [1.29, 1.82) is 0 Å². The molecule has 0 fully saturated rings. The smallest absolute Gasteiger partial charge is 0.262 e. The first-order valence-corrected chi connectivity index (χ1v) is 6.99. The highest BCUT2D eigenvalue weighted by Gasteiger charge is 2.09. The average molecular weight is 353 g/mol. The lowest BCUT2D eigenvalue weighted by atomic mass is 10.2. The third-order valence-corrected chi connectivity index (χ3v) is 3.36. The standard InChI is InChI=1S/C15H14BrFN2O2/c1-9-2-5-14(11(16)6-9)21-8-15(20)19-13-7-10(17)3-4-12(13)18/h2-7H,8,18H2,1H3,(H,19,20). The van der Waals surface area contributed by atoms with Crippen molar-refractivity contribution in [1.82, 2.24) is 0 Å². The molecule has 110 valence electrons. The van der Waals surface area contributed by atoms with Crippen LogP contribution in [0, 0.1) is 12.7 Å². The summed E-state index contributed by atoms with van der Waals surface area (Å²) in [5, 5.41) is 2.51. The molecule has 0 radical (unpaired) electrons. The molecule has 0 unspecified atom stereocenters. The van der Waals surface area contributed by atoms with Crippen molar-refractivity contribution < 1.29 is 13.9 Å². The first-order valence-electron chi connectivity index (χ1n) is 6.19. The van der Waals surface area contributed by atoms with Gasteiger partial charge in [-0.2, -0.15) is 0 Å². The number of amides is 1. The molecular formula is C15H14BrFN2O2. The Morgan fingerprint density at radius 2 is 2.10 bits per heavy atom. The number of benzene rings is 2. The second-order valence-electron chi connectivity index (χ2n) is 4.50. The minimum absolute atomic E-state index is 0.197. The van der Waals surface area contributed by atoms with Gasteiger partial charge in [-0.3, -0.25) is 4.79 Å². The molecule has 0 heterocycles. The van der Waals surface area contributed by atoms with E-state index < -0.39 is 11.7 Å². The molecule has 0 atom stereocenters. The lowest BCUT2D eigenvalue weighted by Crippen LogP contribution is -2.21. The molecular weight excluding hydrogens is 339 g/mol. The number of nitrogen functional groups attached to an aromatic ring is 1. The van der Waals surface area contributed by atoms with Crippen LogP contribution in [-0.2, 0) is 4.79 Å². The van der Waals surface area contributed by atoms with E-state index in [1.54, 1.807) is 6.07 Å². The van der Waals surface area contributed by atoms with Gasteiger partial charge in [-0.05, 0) is 58.7 Å². The van der Waals surface area contributed by atoms with Crippen LogP contribution in [0.5, 0.6) is 5.75 Å². The number of nitrogens with two attached hydrogens (primary N) is 1. The second kappa shape index (κ2) is 6.58. The highest BCUT2D eigenvalue weighted by atomic mass is 79.9. The van der Waals surface area contributed by atoms with Gasteiger partial charge in [0.2, 0.25) is 0 Å². The van der Waals surface area contributed by atoms with Gasteiger partial charge in [-0.25, -0.2) is 4.39 Å². The normalized spacial score (nSPS) is 10.2. The van der Waals surface area contributed by atoms with Crippen molar-refractivity contribution >= 4 is 33.2 Å². The van der Waals surface area contributed by atoms with Crippen LogP contribution in [0.1, 0.15) is 5.56 Å². The van der Waals surface area contributed by atoms with Gasteiger partial charge in [0, 0.05) is 0 Å². The molecule has 0 saturated carbocycles. The van der Waals surface area contributed by atoms with Crippen molar-refractivity contribution in [2.45, 2.75) is 6.92 Å². The summed E-state index contributed by atoms with van der Waals surface area (Å²) in [7, 11) is 0. The Morgan fingerprint density at radius 3 is 2.81 bits per heavy atom. The molecule has 2 aromatic rings. The van der Waals surface area contributed by atoms with E-state index in [0.29, 0.717) is 11.4 Å². The molecule has 3 N–H and O–H groups in total. The van der Waals surface area contributed by atoms with Crippen molar-refractivity contribution in [3.63, 3.8) is 0 Å². The minimum Gasteiger partial charge on any atom is -0.483 e. The number of carbonyl (C=O) groups is 1. The molecule has 2 rings (SSSR count). The van der Waals surface area contributed by atoms with Crippen LogP contribution in [0.25, 0.3) is 0 Å². The number of halogens is 2. The Morgan fingerprint density at radius 1 is 1.33 bits per heavy atom. The van der Waals surface area contributed by atoms with Crippen LogP contribution in [0.2, 0.25) is 0 Å². The van der Waals surface area contributed by atoms with E-state index in [1.165, 1.54) is 12.1 Å². The number of aryl methyl sites for hydroxylation is 1. The topological polar surface area (TPSA) is 64.3 Å². The third kappa shape index (κ3) is 4.19. The SMILES string of the molecule is Cc1ccc(OCC(=O)Nc2cc(F)ccc2N)c(Br)c1. The van der Waals surface area contributed by atoms with Crippen LogP contribution in [0.3, 0.4) is 0 Å². The molecule has 6 heteroatoms. The maximum Gasteiger partial charge on any atom is 0.262 e. The molecule has 0 aromatic heterocycles. The van der Waals surface area contributed by atoms with Crippen molar-refractivity contribution in [3.8, 4) is 5.75 Å². The summed E-state index contributed by atoms with van der Waals surface area (Å²) in [5.74, 6) is -0.329. The van der Waals surface area contributed by atoms with Crippen LogP contribution in [0.15, 0.2) is 40.9 Å². The highest BCUT2D eigenvalue weighted by molar-refractivity contribution is 9.10. The predicted molar refractivity (Wildman–Crippen MR) is 83.8 cm³/mol. The molecule has 0 aliphatic rings. The Hall–Kier alpha value is -2.08. The van der Waals surface area contributed by atoms with Crippen LogP contribution < -0.4 is 15.8 Å². The number of carbonyl (C=O) groups excluding carboxylic acids is 1. The summed E-state index contributed by atoms with van der Waals surface area (Å²) in [6.45, 7) is 1.76. The maximum absolute atomic E-state index is 13.1. The van der Waals surface area contributed by atoms with Crippen molar-refractivity contribution in [3.05, 3.63) is 52.3 Å². The van der Waals surface area contributed by atoms with Gasteiger partial charge in [0.1, 0.15) is 11.6 Å². The number of anilines is 2. The number of hydrogen-bond acceptors (Lipinski definition) is 3. The molecule has 0 spiro atoms. The molecule has 4 nitrogen and oxygen atoms in total. The molecule has 0 aliphatic carbocycles. The summed E-state index contributed by atoms with van der Waals surface area (Å²) in [6, 6.07) is 9.31. The summed E-state index contributed by atoms with van der Waals surface area (Å²) >= 11 is 3.36.